The van der Waals surface area contributed by atoms with E-state index in [9.17, 15) is 4.79 Å². The molecule has 2 amide bonds. The van der Waals surface area contributed by atoms with E-state index in [1.54, 1.807) is 18.2 Å². The molecule has 0 radical (unpaired) electrons. The van der Waals surface area contributed by atoms with E-state index >= 15 is 0 Å². The van der Waals surface area contributed by atoms with E-state index in [-0.39, 0.29) is 6.03 Å². The quantitative estimate of drug-likeness (QED) is 0.837. The van der Waals surface area contributed by atoms with Gasteiger partial charge in [-0.15, -0.1) is 0 Å². The van der Waals surface area contributed by atoms with Crippen LogP contribution in [0.5, 0.6) is 0 Å². The number of nitrogens with zero attached hydrogens (tertiary/aromatic N) is 3. The van der Waals surface area contributed by atoms with Gasteiger partial charge in [-0.3, -0.25) is 0 Å². The molecule has 0 saturated heterocycles. The minimum atomic E-state index is -0.303. The van der Waals surface area contributed by atoms with Crippen LogP contribution in [0.2, 0.25) is 5.02 Å². The first-order chi connectivity index (χ1) is 11.5. The average molecular weight is 350 g/mol. The fourth-order valence-corrected chi connectivity index (χ4v) is 2.39. The number of hydrogen-bond donors (Lipinski definition) is 2. The Balaban J connectivity index is 1.73. The molecule has 2 N–H and O–H groups in total. The molecule has 1 heterocycles. The van der Waals surface area contributed by atoms with E-state index in [0.29, 0.717) is 34.6 Å². The minimum Gasteiger partial charge on any atom is -0.337 e. The average Bonchev–Trinajstić information content (AvgIpc) is 3.25. The van der Waals surface area contributed by atoms with Crippen LogP contribution in [0.25, 0.3) is 11.5 Å². The van der Waals surface area contributed by atoms with E-state index in [2.05, 4.69) is 20.8 Å². The van der Waals surface area contributed by atoms with E-state index in [1.165, 1.54) is 0 Å². The number of urea groups is 1. The Labute approximate surface area is 145 Å². The topological polar surface area (TPSA) is 83.3 Å². The molecule has 3 rings (SSSR count). The molecule has 0 atom stereocenters. The van der Waals surface area contributed by atoms with Crippen molar-refractivity contribution in [2.45, 2.75) is 18.8 Å². The standard InChI is InChI=1S/C16H20ClN5O2/c1-22(2)8-7-18-16(23)19-13-9-11(17)5-6-12(13)15-20-14(21-24-15)10-3-4-10/h5-6,9-10H,3-4,7-8H2,1-2H3,(H2,18,19,23). The molecule has 8 heteroatoms. The van der Waals surface area contributed by atoms with Crippen LogP contribution in [0, 0.1) is 0 Å². The predicted octanol–water partition coefficient (Wildman–Crippen LogP) is 2.95. The van der Waals surface area contributed by atoms with E-state index in [1.807, 2.05) is 19.0 Å². The van der Waals surface area contributed by atoms with Gasteiger partial charge in [0, 0.05) is 24.0 Å². The molecule has 1 aromatic heterocycles. The number of carbonyl (C=O) groups is 1. The highest BCUT2D eigenvalue weighted by molar-refractivity contribution is 6.31. The van der Waals surface area contributed by atoms with Gasteiger partial charge < -0.3 is 20.1 Å². The third kappa shape index (κ3) is 4.24. The number of nitrogens with one attached hydrogen (secondary N) is 2. The molecule has 24 heavy (non-hydrogen) atoms. The smallest absolute Gasteiger partial charge is 0.319 e. The molecule has 1 aliphatic carbocycles. The van der Waals surface area contributed by atoms with Crippen LogP contribution in [-0.2, 0) is 0 Å². The Bertz CT molecular complexity index is 727. The third-order valence-electron chi connectivity index (χ3n) is 3.69. The summed E-state index contributed by atoms with van der Waals surface area (Å²) in [7, 11) is 3.89. The summed E-state index contributed by atoms with van der Waals surface area (Å²) in [6.45, 7) is 1.30. The van der Waals surface area contributed by atoms with Crippen LogP contribution < -0.4 is 10.6 Å². The van der Waals surface area contributed by atoms with Crippen LogP contribution in [0.15, 0.2) is 22.7 Å². The van der Waals surface area contributed by atoms with Crippen molar-refractivity contribution in [2.24, 2.45) is 0 Å². The summed E-state index contributed by atoms with van der Waals surface area (Å²) in [5, 5.41) is 10.1. The van der Waals surface area contributed by atoms with Gasteiger partial charge in [-0.25, -0.2) is 4.79 Å². The van der Waals surface area contributed by atoms with Gasteiger partial charge in [0.05, 0.1) is 11.3 Å². The number of rotatable bonds is 6. The lowest BCUT2D eigenvalue weighted by Crippen LogP contribution is -2.34. The second-order valence-corrected chi connectivity index (χ2v) is 6.54. The molecule has 7 nitrogen and oxygen atoms in total. The van der Waals surface area contributed by atoms with Crippen molar-refractivity contribution in [1.29, 1.82) is 0 Å². The van der Waals surface area contributed by atoms with E-state index < -0.39 is 0 Å². The highest BCUT2D eigenvalue weighted by Crippen LogP contribution is 2.39. The number of anilines is 1. The third-order valence-corrected chi connectivity index (χ3v) is 3.92. The number of aromatic nitrogens is 2. The molecule has 1 aliphatic rings. The van der Waals surface area contributed by atoms with Crippen LogP contribution >= 0.6 is 11.6 Å². The molecule has 0 bridgehead atoms. The van der Waals surface area contributed by atoms with Gasteiger partial charge in [0.25, 0.3) is 5.89 Å². The van der Waals surface area contributed by atoms with Crippen LogP contribution in [0.1, 0.15) is 24.6 Å². The fourth-order valence-electron chi connectivity index (χ4n) is 2.22. The number of likely N-dealkylation sites (N-methyl/N-ethyl adjacent to an activating group) is 1. The van der Waals surface area contributed by atoms with Crippen molar-refractivity contribution < 1.29 is 9.32 Å². The molecule has 2 aromatic rings. The Hall–Kier alpha value is -2.12. The molecule has 1 aromatic carbocycles. The highest BCUT2D eigenvalue weighted by Gasteiger charge is 2.29. The first-order valence-corrected chi connectivity index (χ1v) is 8.24. The molecular weight excluding hydrogens is 330 g/mol. The lowest BCUT2D eigenvalue weighted by Gasteiger charge is -2.12. The Morgan fingerprint density at radius 3 is 2.92 bits per heavy atom. The fraction of sp³-hybridized carbons (Fsp3) is 0.438. The van der Waals surface area contributed by atoms with Crippen LogP contribution in [-0.4, -0.2) is 48.3 Å². The van der Waals surface area contributed by atoms with Gasteiger partial charge in [0.15, 0.2) is 5.82 Å². The molecule has 0 unspecified atom stereocenters. The summed E-state index contributed by atoms with van der Waals surface area (Å²) < 4.78 is 5.34. The van der Waals surface area contributed by atoms with Gasteiger partial charge >= 0.3 is 6.03 Å². The first-order valence-electron chi connectivity index (χ1n) is 7.86. The Morgan fingerprint density at radius 1 is 1.42 bits per heavy atom. The zero-order chi connectivity index (χ0) is 17.1. The number of benzene rings is 1. The summed E-state index contributed by atoms with van der Waals surface area (Å²) in [6.07, 6.45) is 2.19. The van der Waals surface area contributed by atoms with Crippen molar-refractivity contribution >= 4 is 23.3 Å². The predicted molar refractivity (Wildman–Crippen MR) is 92.3 cm³/mol. The maximum Gasteiger partial charge on any atom is 0.319 e. The Kier molecular flexibility index (Phi) is 5.01. The monoisotopic (exact) mass is 349 g/mol. The van der Waals surface area contributed by atoms with Gasteiger partial charge in [-0.1, -0.05) is 16.8 Å². The second-order valence-electron chi connectivity index (χ2n) is 6.11. The number of carbonyl (C=O) groups excluding carboxylic acids is 1. The van der Waals surface area contributed by atoms with E-state index in [4.69, 9.17) is 16.1 Å². The van der Waals surface area contributed by atoms with Gasteiger partial charge in [-0.05, 0) is 45.1 Å². The Morgan fingerprint density at radius 2 is 2.21 bits per heavy atom. The lowest BCUT2D eigenvalue weighted by molar-refractivity contribution is 0.250. The number of hydrogen-bond acceptors (Lipinski definition) is 5. The highest BCUT2D eigenvalue weighted by atomic mass is 35.5. The summed E-state index contributed by atoms with van der Waals surface area (Å²) in [5.41, 5.74) is 1.19. The summed E-state index contributed by atoms with van der Waals surface area (Å²) in [6, 6.07) is 4.86. The van der Waals surface area contributed by atoms with Crippen molar-refractivity contribution in [1.82, 2.24) is 20.4 Å². The van der Waals surface area contributed by atoms with Crippen molar-refractivity contribution in [3.8, 4) is 11.5 Å². The zero-order valence-electron chi connectivity index (χ0n) is 13.7. The zero-order valence-corrected chi connectivity index (χ0v) is 14.4. The summed E-state index contributed by atoms with van der Waals surface area (Å²) in [4.78, 5) is 18.5. The van der Waals surface area contributed by atoms with Crippen molar-refractivity contribution in [2.75, 3.05) is 32.5 Å². The molecule has 1 saturated carbocycles. The molecule has 0 spiro atoms. The summed E-state index contributed by atoms with van der Waals surface area (Å²) >= 11 is 6.05. The van der Waals surface area contributed by atoms with Crippen molar-refractivity contribution in [3.63, 3.8) is 0 Å². The largest absolute Gasteiger partial charge is 0.337 e. The van der Waals surface area contributed by atoms with Gasteiger partial charge in [0.2, 0.25) is 0 Å². The normalized spacial score (nSPS) is 14.0. The van der Waals surface area contributed by atoms with Gasteiger partial charge in [-0.2, -0.15) is 4.98 Å². The first kappa shape index (κ1) is 16.7. The van der Waals surface area contributed by atoms with Crippen LogP contribution in [0.3, 0.4) is 0 Å². The maximum atomic E-state index is 12.1. The molecular formula is C16H20ClN5O2. The molecule has 1 fully saturated rings. The number of amides is 2. The van der Waals surface area contributed by atoms with Gasteiger partial charge in [0.1, 0.15) is 0 Å². The number of halogens is 1. The maximum absolute atomic E-state index is 12.1. The molecule has 128 valence electrons. The lowest BCUT2D eigenvalue weighted by atomic mass is 10.1. The second kappa shape index (κ2) is 7.19. The minimum absolute atomic E-state index is 0.303. The SMILES string of the molecule is CN(C)CCNC(=O)Nc1cc(Cl)ccc1-c1nc(C2CC2)no1. The van der Waals surface area contributed by atoms with Crippen molar-refractivity contribution in [3.05, 3.63) is 29.0 Å². The molecule has 0 aliphatic heterocycles. The summed E-state index contributed by atoms with van der Waals surface area (Å²) in [5.74, 6) is 1.51. The van der Waals surface area contributed by atoms with Crippen LogP contribution in [0.4, 0.5) is 10.5 Å². The van der Waals surface area contributed by atoms with E-state index in [0.717, 1.165) is 25.2 Å².